The van der Waals surface area contributed by atoms with Gasteiger partial charge in [-0.15, -0.1) is 11.3 Å². The van der Waals surface area contributed by atoms with Crippen LogP contribution in [0.4, 0.5) is 5.82 Å². The van der Waals surface area contributed by atoms with Crippen molar-refractivity contribution >= 4 is 44.9 Å². The summed E-state index contributed by atoms with van der Waals surface area (Å²) in [6.45, 7) is 5.06. The van der Waals surface area contributed by atoms with Gasteiger partial charge in [-0.25, -0.2) is 4.98 Å². The molecule has 0 saturated carbocycles. The van der Waals surface area contributed by atoms with Crippen molar-refractivity contribution < 1.29 is 4.79 Å². The van der Waals surface area contributed by atoms with Crippen molar-refractivity contribution in [2.45, 2.75) is 26.7 Å². The molecule has 0 spiro atoms. The first-order valence-corrected chi connectivity index (χ1v) is 8.18. The van der Waals surface area contributed by atoms with Crippen LogP contribution in [0.25, 0.3) is 10.2 Å². The summed E-state index contributed by atoms with van der Waals surface area (Å²) in [4.78, 5) is 24.3. The summed E-state index contributed by atoms with van der Waals surface area (Å²) >= 11 is 7.61. The van der Waals surface area contributed by atoms with Crippen molar-refractivity contribution in [3.05, 3.63) is 16.2 Å². The van der Waals surface area contributed by atoms with Gasteiger partial charge in [-0.3, -0.25) is 4.79 Å². The number of aryl methyl sites for hydroxylation is 1. The predicted molar refractivity (Wildman–Crippen MR) is 88.4 cm³/mol. The molecule has 0 unspecified atom stereocenters. The van der Waals surface area contributed by atoms with Gasteiger partial charge in [0.1, 0.15) is 10.6 Å². The Morgan fingerprint density at radius 2 is 2.19 bits per heavy atom. The Hall–Kier alpha value is -1.40. The summed E-state index contributed by atoms with van der Waals surface area (Å²) in [7, 11) is 1.84. The summed E-state index contributed by atoms with van der Waals surface area (Å²) in [5, 5.41) is 4.02. The van der Waals surface area contributed by atoms with Crippen LogP contribution in [0.15, 0.2) is 6.07 Å². The number of hydrogen-bond donors (Lipinski definition) is 1. The number of likely N-dealkylation sites (N-methyl/N-ethyl adjacent to an activating group) is 1. The van der Waals surface area contributed by atoms with Crippen molar-refractivity contribution in [3.8, 4) is 0 Å². The van der Waals surface area contributed by atoms with E-state index in [4.69, 9.17) is 11.6 Å². The van der Waals surface area contributed by atoms with E-state index in [1.165, 1.54) is 4.88 Å². The molecule has 1 N–H and O–H groups in total. The second-order valence-electron chi connectivity index (χ2n) is 4.81. The highest BCUT2D eigenvalue weighted by Crippen LogP contribution is 2.31. The third-order valence-corrected chi connectivity index (χ3v) is 4.40. The molecule has 0 aliphatic rings. The van der Waals surface area contributed by atoms with Crippen molar-refractivity contribution in [2.75, 3.05) is 25.0 Å². The van der Waals surface area contributed by atoms with Crippen LogP contribution >= 0.6 is 22.9 Å². The highest BCUT2D eigenvalue weighted by atomic mass is 35.5. The maximum Gasteiger partial charge on any atom is 0.239 e. The van der Waals surface area contributed by atoms with Crippen LogP contribution < -0.4 is 10.2 Å². The second-order valence-corrected chi connectivity index (χ2v) is 6.26. The molecule has 1 amide bonds. The van der Waals surface area contributed by atoms with E-state index in [2.05, 4.69) is 28.3 Å². The Labute approximate surface area is 133 Å². The molecular formula is C14H19ClN4OS. The van der Waals surface area contributed by atoms with Crippen molar-refractivity contribution in [3.63, 3.8) is 0 Å². The smallest absolute Gasteiger partial charge is 0.239 e. The SMILES string of the molecule is CCCNC(=O)CN(C)c1nc(Cl)nc2sc(CC)cc12. The molecule has 0 aliphatic heterocycles. The van der Waals surface area contributed by atoms with E-state index >= 15 is 0 Å². The Morgan fingerprint density at radius 3 is 2.86 bits per heavy atom. The first-order chi connectivity index (χ1) is 10.0. The Kier molecular flexibility index (Phi) is 5.36. The van der Waals surface area contributed by atoms with Crippen LogP contribution in [-0.2, 0) is 11.2 Å². The number of nitrogens with one attached hydrogen (secondary N) is 1. The fraction of sp³-hybridized carbons (Fsp3) is 0.500. The zero-order chi connectivity index (χ0) is 15.4. The molecule has 114 valence electrons. The molecule has 2 rings (SSSR count). The van der Waals surface area contributed by atoms with Crippen molar-refractivity contribution in [2.24, 2.45) is 0 Å². The van der Waals surface area contributed by atoms with Gasteiger partial charge in [0.15, 0.2) is 0 Å². The number of halogens is 1. The van der Waals surface area contributed by atoms with E-state index in [9.17, 15) is 4.79 Å². The number of hydrogen-bond acceptors (Lipinski definition) is 5. The molecule has 7 heteroatoms. The highest BCUT2D eigenvalue weighted by Gasteiger charge is 2.15. The fourth-order valence-corrected chi connectivity index (χ4v) is 3.18. The van der Waals surface area contributed by atoms with Gasteiger partial charge in [0.2, 0.25) is 11.2 Å². The number of carbonyl (C=O) groups excluding carboxylic acids is 1. The molecular weight excluding hydrogens is 308 g/mol. The van der Waals surface area contributed by atoms with E-state index in [1.807, 2.05) is 18.9 Å². The van der Waals surface area contributed by atoms with Gasteiger partial charge < -0.3 is 10.2 Å². The largest absolute Gasteiger partial charge is 0.355 e. The first kappa shape index (κ1) is 16.0. The molecule has 0 radical (unpaired) electrons. The number of fused-ring (bicyclic) bond motifs is 1. The van der Waals surface area contributed by atoms with E-state index in [0.717, 1.165) is 23.1 Å². The Balaban J connectivity index is 2.27. The lowest BCUT2D eigenvalue weighted by atomic mass is 10.3. The standard InChI is InChI=1S/C14H19ClN4OS/c1-4-6-16-11(20)8-19(3)12-10-7-9(5-2)21-13(10)18-14(15)17-12/h7H,4-6,8H2,1-3H3,(H,16,20). The van der Waals surface area contributed by atoms with Crippen molar-refractivity contribution in [1.82, 2.24) is 15.3 Å². The maximum atomic E-state index is 11.8. The molecule has 0 saturated heterocycles. The minimum Gasteiger partial charge on any atom is -0.355 e. The van der Waals surface area contributed by atoms with E-state index in [1.54, 1.807) is 11.3 Å². The van der Waals surface area contributed by atoms with Crippen LogP contribution in [0.5, 0.6) is 0 Å². The number of rotatable bonds is 6. The number of aromatic nitrogens is 2. The number of carbonyl (C=O) groups is 1. The zero-order valence-electron chi connectivity index (χ0n) is 12.4. The summed E-state index contributed by atoms with van der Waals surface area (Å²) < 4.78 is 0. The average molecular weight is 327 g/mol. The van der Waals surface area contributed by atoms with Crippen LogP contribution in [0, 0.1) is 0 Å². The highest BCUT2D eigenvalue weighted by molar-refractivity contribution is 7.18. The molecule has 21 heavy (non-hydrogen) atoms. The zero-order valence-corrected chi connectivity index (χ0v) is 14.0. The lowest BCUT2D eigenvalue weighted by molar-refractivity contribution is -0.119. The molecule has 5 nitrogen and oxygen atoms in total. The topological polar surface area (TPSA) is 58.1 Å². The third kappa shape index (κ3) is 3.83. The van der Waals surface area contributed by atoms with Crippen LogP contribution in [0.3, 0.4) is 0 Å². The van der Waals surface area contributed by atoms with Gasteiger partial charge in [-0.1, -0.05) is 13.8 Å². The molecule has 2 aromatic rings. The molecule has 0 bridgehead atoms. The average Bonchev–Trinajstić information content (AvgIpc) is 2.86. The molecule has 2 aromatic heterocycles. The van der Waals surface area contributed by atoms with Gasteiger partial charge in [0, 0.05) is 18.5 Å². The van der Waals surface area contributed by atoms with Crippen LogP contribution in [0.2, 0.25) is 5.28 Å². The van der Waals surface area contributed by atoms with Gasteiger partial charge in [-0.2, -0.15) is 4.98 Å². The minimum absolute atomic E-state index is 0.0202. The lowest BCUT2D eigenvalue weighted by Crippen LogP contribution is -2.35. The summed E-state index contributed by atoms with van der Waals surface area (Å²) in [6.07, 6.45) is 1.86. The van der Waals surface area contributed by atoms with Crippen molar-refractivity contribution in [1.29, 1.82) is 0 Å². The summed E-state index contributed by atoms with van der Waals surface area (Å²) in [6, 6.07) is 2.08. The molecule has 2 heterocycles. The van der Waals surface area contributed by atoms with Gasteiger partial charge in [-0.05, 0) is 30.5 Å². The normalized spacial score (nSPS) is 10.9. The molecule has 0 atom stereocenters. The maximum absolute atomic E-state index is 11.8. The monoisotopic (exact) mass is 326 g/mol. The minimum atomic E-state index is -0.0202. The summed E-state index contributed by atoms with van der Waals surface area (Å²) in [5.41, 5.74) is 0. The molecule has 0 fully saturated rings. The van der Waals surface area contributed by atoms with E-state index < -0.39 is 0 Å². The van der Waals surface area contributed by atoms with E-state index in [0.29, 0.717) is 12.4 Å². The summed E-state index contributed by atoms with van der Waals surface area (Å²) in [5.74, 6) is 0.681. The van der Waals surface area contributed by atoms with Crippen LogP contribution in [-0.4, -0.2) is 36.0 Å². The van der Waals surface area contributed by atoms with Crippen LogP contribution in [0.1, 0.15) is 25.1 Å². The second kappa shape index (κ2) is 7.04. The number of anilines is 1. The Bertz CT molecular complexity index is 643. The van der Waals surface area contributed by atoms with Gasteiger partial charge in [0.05, 0.1) is 11.9 Å². The third-order valence-electron chi connectivity index (χ3n) is 3.06. The fourth-order valence-electron chi connectivity index (χ4n) is 2.01. The quantitative estimate of drug-likeness (QED) is 0.829. The van der Waals surface area contributed by atoms with E-state index in [-0.39, 0.29) is 17.7 Å². The predicted octanol–water partition coefficient (Wildman–Crippen LogP) is 2.87. The number of amides is 1. The number of nitrogens with zero attached hydrogens (tertiary/aromatic N) is 3. The lowest BCUT2D eigenvalue weighted by Gasteiger charge is -2.18. The first-order valence-electron chi connectivity index (χ1n) is 6.99. The van der Waals surface area contributed by atoms with Gasteiger partial charge in [0.25, 0.3) is 0 Å². The number of thiophene rings is 1. The molecule has 0 aliphatic carbocycles. The molecule has 0 aromatic carbocycles. The van der Waals surface area contributed by atoms with Gasteiger partial charge >= 0.3 is 0 Å². The Morgan fingerprint density at radius 1 is 1.43 bits per heavy atom.